The molecule has 4 rings (SSSR count). The highest BCUT2D eigenvalue weighted by Gasteiger charge is 2.34. The van der Waals surface area contributed by atoms with E-state index in [0.29, 0.717) is 18.0 Å². The maximum Gasteiger partial charge on any atom is 0.264 e. The molecule has 9 heteroatoms. The van der Waals surface area contributed by atoms with Gasteiger partial charge in [-0.1, -0.05) is 91.2 Å². The molecule has 0 saturated heterocycles. The number of unbranched alkanes of at least 4 members (excludes halogenated alkanes) is 1. The van der Waals surface area contributed by atoms with Crippen molar-refractivity contribution in [3.05, 3.63) is 125 Å². The van der Waals surface area contributed by atoms with Crippen LogP contribution in [0.1, 0.15) is 42.0 Å². The minimum Gasteiger partial charge on any atom is -0.497 e. The summed E-state index contributed by atoms with van der Waals surface area (Å²) in [7, 11) is -2.65. The summed E-state index contributed by atoms with van der Waals surface area (Å²) in [6.45, 7) is 5.98. The van der Waals surface area contributed by atoms with Gasteiger partial charge in [-0.05, 0) is 67.8 Å². The van der Waals surface area contributed by atoms with Crippen molar-refractivity contribution in [2.45, 2.75) is 57.5 Å². The van der Waals surface area contributed by atoms with Crippen molar-refractivity contribution < 1.29 is 22.7 Å². The number of amides is 2. The second-order valence-electron chi connectivity index (χ2n) is 11.4. The molecule has 0 aliphatic carbocycles. The minimum atomic E-state index is -4.18. The van der Waals surface area contributed by atoms with Crippen LogP contribution >= 0.6 is 0 Å². The van der Waals surface area contributed by atoms with Gasteiger partial charge in [-0.3, -0.25) is 13.9 Å². The molecule has 0 aromatic heterocycles. The highest BCUT2D eigenvalue weighted by molar-refractivity contribution is 7.92. The number of methoxy groups -OCH3 is 1. The molecule has 1 atom stereocenters. The number of hydrogen-bond donors (Lipinski definition) is 1. The van der Waals surface area contributed by atoms with Gasteiger partial charge in [-0.2, -0.15) is 0 Å². The lowest BCUT2D eigenvalue weighted by Gasteiger charge is -2.34. The monoisotopic (exact) mass is 641 g/mol. The lowest BCUT2D eigenvalue weighted by molar-refractivity contribution is -0.140. The molecule has 0 saturated carbocycles. The smallest absolute Gasteiger partial charge is 0.264 e. The quantitative estimate of drug-likeness (QED) is 0.159. The zero-order valence-corrected chi connectivity index (χ0v) is 27.8. The summed E-state index contributed by atoms with van der Waals surface area (Å²) in [5.74, 6) is -0.231. The first-order valence-corrected chi connectivity index (χ1v) is 17.0. The van der Waals surface area contributed by atoms with Gasteiger partial charge in [0.05, 0.1) is 17.7 Å². The summed E-state index contributed by atoms with van der Waals surface area (Å²) in [5.41, 5.74) is 3.95. The van der Waals surface area contributed by atoms with E-state index >= 15 is 0 Å². The molecule has 46 heavy (non-hydrogen) atoms. The Bertz CT molecular complexity index is 1690. The highest BCUT2D eigenvalue weighted by atomic mass is 32.2. The molecule has 0 aliphatic heterocycles. The van der Waals surface area contributed by atoms with Crippen LogP contribution in [0.25, 0.3) is 0 Å². The molecule has 0 radical (unpaired) electrons. The number of rotatable bonds is 15. The van der Waals surface area contributed by atoms with E-state index in [9.17, 15) is 18.0 Å². The fourth-order valence-corrected chi connectivity index (χ4v) is 6.60. The predicted octanol–water partition coefficient (Wildman–Crippen LogP) is 6.06. The highest BCUT2D eigenvalue weighted by Crippen LogP contribution is 2.27. The van der Waals surface area contributed by atoms with Gasteiger partial charge >= 0.3 is 0 Å². The van der Waals surface area contributed by atoms with Gasteiger partial charge in [0.15, 0.2) is 0 Å². The average Bonchev–Trinajstić information content (AvgIpc) is 3.06. The Kier molecular flexibility index (Phi) is 12.0. The van der Waals surface area contributed by atoms with E-state index in [2.05, 4.69) is 5.32 Å². The Hall–Kier alpha value is -4.63. The summed E-state index contributed by atoms with van der Waals surface area (Å²) in [6.07, 6.45) is 1.97. The van der Waals surface area contributed by atoms with Crippen LogP contribution in [0.5, 0.6) is 5.75 Å². The van der Waals surface area contributed by atoms with E-state index in [4.69, 9.17) is 4.74 Å². The van der Waals surface area contributed by atoms with Crippen molar-refractivity contribution in [1.29, 1.82) is 0 Å². The van der Waals surface area contributed by atoms with Crippen molar-refractivity contribution >= 4 is 27.5 Å². The van der Waals surface area contributed by atoms with E-state index in [0.717, 1.165) is 39.4 Å². The Balaban J connectivity index is 1.79. The van der Waals surface area contributed by atoms with Gasteiger partial charge in [0.2, 0.25) is 11.8 Å². The Morgan fingerprint density at radius 2 is 1.50 bits per heavy atom. The van der Waals surface area contributed by atoms with E-state index in [-0.39, 0.29) is 23.8 Å². The zero-order valence-electron chi connectivity index (χ0n) is 27.0. The molecular weight excluding hydrogens is 598 g/mol. The number of sulfonamides is 1. The number of nitrogens with one attached hydrogen (secondary N) is 1. The second kappa shape index (κ2) is 16.1. The Morgan fingerprint density at radius 3 is 2.13 bits per heavy atom. The molecule has 0 spiro atoms. The summed E-state index contributed by atoms with van der Waals surface area (Å²) in [6, 6.07) is 29.5. The molecule has 0 heterocycles. The van der Waals surface area contributed by atoms with Crippen molar-refractivity contribution in [2.24, 2.45) is 0 Å². The van der Waals surface area contributed by atoms with Crippen molar-refractivity contribution in [3.63, 3.8) is 0 Å². The average molecular weight is 642 g/mol. The summed E-state index contributed by atoms with van der Waals surface area (Å²) >= 11 is 0. The van der Waals surface area contributed by atoms with E-state index in [1.165, 1.54) is 24.1 Å². The Labute approximate surface area is 273 Å². The number of aryl methyl sites for hydroxylation is 2. The largest absolute Gasteiger partial charge is 0.497 e. The minimum absolute atomic E-state index is 0.0603. The third kappa shape index (κ3) is 8.97. The van der Waals surface area contributed by atoms with Crippen molar-refractivity contribution in [2.75, 3.05) is 24.5 Å². The van der Waals surface area contributed by atoms with Crippen molar-refractivity contribution in [1.82, 2.24) is 10.2 Å². The number of benzene rings is 4. The molecule has 0 bridgehead atoms. The predicted molar refractivity (Wildman–Crippen MR) is 182 cm³/mol. The topological polar surface area (TPSA) is 96.0 Å². The molecule has 2 amide bonds. The molecule has 0 fully saturated rings. The van der Waals surface area contributed by atoms with Gasteiger partial charge < -0.3 is 15.0 Å². The van der Waals surface area contributed by atoms with Gasteiger partial charge in [-0.15, -0.1) is 0 Å². The molecule has 1 N–H and O–H groups in total. The van der Waals surface area contributed by atoms with Crippen LogP contribution in [0.4, 0.5) is 5.69 Å². The molecule has 4 aromatic carbocycles. The lowest BCUT2D eigenvalue weighted by Crippen LogP contribution is -2.53. The van der Waals surface area contributed by atoms with Crippen LogP contribution in [0, 0.1) is 13.8 Å². The third-order valence-electron chi connectivity index (χ3n) is 7.78. The molecular formula is C37H43N3O5S. The number of nitrogens with zero attached hydrogens (tertiary/aromatic N) is 2. The van der Waals surface area contributed by atoms with E-state index in [1.54, 1.807) is 36.4 Å². The van der Waals surface area contributed by atoms with Crippen molar-refractivity contribution in [3.8, 4) is 5.75 Å². The van der Waals surface area contributed by atoms with Crippen LogP contribution < -0.4 is 14.4 Å². The van der Waals surface area contributed by atoms with E-state index < -0.39 is 28.5 Å². The number of hydrogen-bond acceptors (Lipinski definition) is 5. The number of anilines is 1. The zero-order chi connectivity index (χ0) is 33.1. The second-order valence-corrected chi connectivity index (χ2v) is 13.2. The molecule has 8 nitrogen and oxygen atoms in total. The molecule has 4 aromatic rings. The maximum atomic E-state index is 14.6. The first-order chi connectivity index (χ1) is 22.1. The summed E-state index contributed by atoms with van der Waals surface area (Å²) in [4.78, 5) is 30.0. The third-order valence-corrected chi connectivity index (χ3v) is 9.57. The van der Waals surface area contributed by atoms with Crippen LogP contribution in [0.15, 0.2) is 108 Å². The Morgan fingerprint density at radius 1 is 0.826 bits per heavy atom. The fourth-order valence-electron chi connectivity index (χ4n) is 5.18. The van der Waals surface area contributed by atoms with E-state index in [1.807, 2.05) is 75.4 Å². The number of ether oxygens (including phenoxy) is 1. The van der Waals surface area contributed by atoms with Gasteiger partial charge in [-0.25, -0.2) is 8.42 Å². The summed E-state index contributed by atoms with van der Waals surface area (Å²) < 4.78 is 34.8. The first-order valence-electron chi connectivity index (χ1n) is 15.5. The van der Waals surface area contributed by atoms with Crippen LogP contribution in [0.2, 0.25) is 0 Å². The van der Waals surface area contributed by atoms with Gasteiger partial charge in [0.1, 0.15) is 18.3 Å². The summed E-state index contributed by atoms with van der Waals surface area (Å²) in [5, 5.41) is 3.02. The van der Waals surface area contributed by atoms with Crippen LogP contribution in [0.3, 0.4) is 0 Å². The van der Waals surface area contributed by atoms with Crippen LogP contribution in [-0.2, 0) is 32.6 Å². The SMILES string of the molecule is CCCCNC(=O)[C@H](Cc1ccccc1)N(Cc1cccc(C)c1)C(=O)CN(c1ccc(OC)cc1)S(=O)(=O)c1ccc(C)cc1. The first kappa shape index (κ1) is 34.2. The standard InChI is InChI=1S/C37H43N3O5S/c1-5-6-23-38-37(42)35(25-30-12-8-7-9-13-30)39(26-31-14-10-11-29(3)24-31)36(41)27-40(32-17-19-33(45-4)20-18-32)46(43,44)34-21-15-28(2)16-22-34/h7-22,24,35H,5-6,23,25-27H2,1-4H3,(H,38,42)/t35-/m0/s1. The number of carbonyl (C=O) groups excluding carboxylic acids is 2. The normalized spacial score (nSPS) is 11.8. The van der Waals surface area contributed by atoms with Gasteiger partial charge in [0, 0.05) is 19.5 Å². The fraction of sp³-hybridized carbons (Fsp3) is 0.297. The molecule has 0 unspecified atom stereocenters. The maximum absolute atomic E-state index is 14.6. The van der Waals surface area contributed by atoms with Gasteiger partial charge in [0.25, 0.3) is 10.0 Å². The number of carbonyl (C=O) groups is 2. The molecule has 242 valence electrons. The lowest BCUT2D eigenvalue weighted by atomic mass is 10.0. The molecule has 0 aliphatic rings. The van der Waals surface area contributed by atoms with Crippen LogP contribution in [-0.4, -0.2) is 51.4 Å².